The molecular formula is C19H21ClN2OS. The number of halogens is 1. The third-order valence-corrected chi connectivity index (χ3v) is 5.06. The molecule has 0 amide bonds. The molecule has 3 nitrogen and oxygen atoms in total. The topological polar surface area (TPSA) is 33.3 Å². The zero-order chi connectivity index (χ0) is 17.0. The van der Waals surface area contributed by atoms with Gasteiger partial charge in [-0.25, -0.2) is 0 Å². The first-order chi connectivity index (χ1) is 11.6. The largest absolute Gasteiger partial charge is 0.497 e. The summed E-state index contributed by atoms with van der Waals surface area (Å²) in [4.78, 5) is 0. The van der Waals surface area contributed by atoms with Gasteiger partial charge in [0, 0.05) is 16.8 Å². The third kappa shape index (κ3) is 3.65. The second kappa shape index (κ2) is 7.41. The van der Waals surface area contributed by atoms with Gasteiger partial charge in [0.25, 0.3) is 0 Å². The zero-order valence-corrected chi connectivity index (χ0v) is 15.2. The molecule has 0 aromatic heterocycles. The summed E-state index contributed by atoms with van der Waals surface area (Å²) in [5, 5.41) is 8.18. The molecule has 2 aromatic rings. The highest BCUT2D eigenvalue weighted by Gasteiger charge is 2.37. The quantitative estimate of drug-likeness (QED) is 0.743. The molecule has 0 aliphatic heterocycles. The zero-order valence-electron chi connectivity index (χ0n) is 13.6. The lowest BCUT2D eigenvalue weighted by Gasteiger charge is -2.33. The molecule has 0 unspecified atom stereocenters. The van der Waals surface area contributed by atoms with Crippen LogP contribution in [-0.2, 0) is 5.54 Å². The number of methoxy groups -OCH3 is 1. The van der Waals surface area contributed by atoms with Crippen LogP contribution in [0.1, 0.15) is 31.2 Å². The first-order valence-electron chi connectivity index (χ1n) is 8.11. The van der Waals surface area contributed by atoms with E-state index in [0.717, 1.165) is 34.9 Å². The van der Waals surface area contributed by atoms with E-state index in [9.17, 15) is 0 Å². The maximum absolute atomic E-state index is 6.46. The third-order valence-electron chi connectivity index (χ3n) is 4.53. The maximum Gasteiger partial charge on any atom is 0.171 e. The van der Waals surface area contributed by atoms with Crippen LogP contribution in [0.3, 0.4) is 0 Å². The van der Waals surface area contributed by atoms with Gasteiger partial charge in [-0.1, -0.05) is 48.7 Å². The lowest BCUT2D eigenvalue weighted by molar-refractivity contribution is 0.408. The molecule has 0 saturated heterocycles. The summed E-state index contributed by atoms with van der Waals surface area (Å²) in [5.74, 6) is 0.796. The average Bonchev–Trinajstić information content (AvgIpc) is 3.04. The van der Waals surface area contributed by atoms with E-state index in [2.05, 4.69) is 16.7 Å². The molecule has 2 aromatic carbocycles. The Morgan fingerprint density at radius 3 is 2.58 bits per heavy atom. The molecular weight excluding hydrogens is 340 g/mol. The van der Waals surface area contributed by atoms with Crippen LogP contribution < -0.4 is 15.4 Å². The Bertz CT molecular complexity index is 729. The number of benzene rings is 2. The summed E-state index contributed by atoms with van der Waals surface area (Å²) in [6, 6.07) is 15.7. The van der Waals surface area contributed by atoms with Gasteiger partial charge in [0.15, 0.2) is 5.11 Å². The van der Waals surface area contributed by atoms with Crippen molar-refractivity contribution in [3.05, 3.63) is 59.1 Å². The van der Waals surface area contributed by atoms with Crippen LogP contribution in [0.25, 0.3) is 0 Å². The molecule has 0 bridgehead atoms. The highest BCUT2D eigenvalue weighted by Crippen LogP contribution is 2.41. The van der Waals surface area contributed by atoms with Crippen molar-refractivity contribution in [3.63, 3.8) is 0 Å². The predicted octanol–water partition coefficient (Wildman–Crippen LogP) is 5.10. The Labute approximate surface area is 153 Å². The van der Waals surface area contributed by atoms with Crippen molar-refractivity contribution in [1.29, 1.82) is 0 Å². The number of ether oxygens (including phenoxy) is 1. The van der Waals surface area contributed by atoms with Crippen LogP contribution in [0, 0.1) is 0 Å². The van der Waals surface area contributed by atoms with E-state index in [1.54, 1.807) is 7.11 Å². The number of hydrogen-bond donors (Lipinski definition) is 2. The number of nitrogens with one attached hydrogen (secondary N) is 2. The number of hydrogen-bond acceptors (Lipinski definition) is 2. The Morgan fingerprint density at radius 1 is 1.12 bits per heavy atom. The first kappa shape index (κ1) is 17.1. The Morgan fingerprint density at radius 2 is 1.88 bits per heavy atom. The molecule has 3 rings (SSSR count). The lowest BCUT2D eigenvalue weighted by Crippen LogP contribution is -2.45. The molecule has 0 atom stereocenters. The molecule has 1 aliphatic rings. The van der Waals surface area contributed by atoms with Crippen molar-refractivity contribution in [2.75, 3.05) is 12.4 Å². The minimum atomic E-state index is -0.193. The SMILES string of the molecule is COc1cccc(NC(=S)NC2(c3ccccc3Cl)CCCC2)c1. The monoisotopic (exact) mass is 360 g/mol. The van der Waals surface area contributed by atoms with Crippen molar-refractivity contribution < 1.29 is 4.74 Å². The summed E-state index contributed by atoms with van der Waals surface area (Å²) in [6.07, 6.45) is 4.38. The van der Waals surface area contributed by atoms with Gasteiger partial charge in [-0.3, -0.25) is 0 Å². The molecule has 2 N–H and O–H groups in total. The fourth-order valence-corrected chi connectivity index (χ4v) is 4.00. The number of anilines is 1. The van der Waals surface area contributed by atoms with E-state index in [1.807, 2.05) is 42.5 Å². The van der Waals surface area contributed by atoms with Crippen molar-refractivity contribution in [3.8, 4) is 5.75 Å². The highest BCUT2D eigenvalue weighted by molar-refractivity contribution is 7.80. The first-order valence-corrected chi connectivity index (χ1v) is 8.90. The van der Waals surface area contributed by atoms with Gasteiger partial charge in [0.05, 0.1) is 12.6 Å². The summed E-state index contributed by atoms with van der Waals surface area (Å²) >= 11 is 12.0. The van der Waals surface area contributed by atoms with E-state index in [0.29, 0.717) is 5.11 Å². The number of thiocarbonyl (C=S) groups is 1. The Kier molecular flexibility index (Phi) is 5.27. The maximum atomic E-state index is 6.46. The molecule has 1 aliphatic carbocycles. The second-order valence-electron chi connectivity index (χ2n) is 6.08. The molecule has 24 heavy (non-hydrogen) atoms. The standard InChI is InChI=1S/C19H21ClN2OS/c1-23-15-8-6-7-14(13-15)21-18(24)22-19(11-4-5-12-19)16-9-2-3-10-17(16)20/h2-3,6-10,13H,4-5,11-12H2,1H3,(H2,21,22,24). The van der Waals surface area contributed by atoms with Crippen LogP contribution >= 0.6 is 23.8 Å². The fourth-order valence-electron chi connectivity index (χ4n) is 3.37. The molecule has 0 radical (unpaired) electrons. The van der Waals surface area contributed by atoms with Crippen LogP contribution in [0.5, 0.6) is 5.75 Å². The van der Waals surface area contributed by atoms with Crippen LogP contribution in [0.4, 0.5) is 5.69 Å². The van der Waals surface area contributed by atoms with Crippen molar-refractivity contribution in [1.82, 2.24) is 5.32 Å². The summed E-state index contributed by atoms with van der Waals surface area (Å²) < 4.78 is 5.25. The molecule has 0 spiro atoms. The highest BCUT2D eigenvalue weighted by atomic mass is 35.5. The minimum absolute atomic E-state index is 0.193. The van der Waals surface area contributed by atoms with Crippen LogP contribution in [0.15, 0.2) is 48.5 Å². The average molecular weight is 361 g/mol. The van der Waals surface area contributed by atoms with Gasteiger partial charge in [-0.05, 0) is 48.8 Å². The fraction of sp³-hybridized carbons (Fsp3) is 0.316. The predicted molar refractivity (Wildman–Crippen MR) is 104 cm³/mol. The van der Waals surface area contributed by atoms with E-state index in [4.69, 9.17) is 28.6 Å². The van der Waals surface area contributed by atoms with Crippen LogP contribution in [0.2, 0.25) is 5.02 Å². The van der Waals surface area contributed by atoms with Gasteiger partial charge in [-0.15, -0.1) is 0 Å². The summed E-state index contributed by atoms with van der Waals surface area (Å²) in [6.45, 7) is 0. The van der Waals surface area contributed by atoms with Crippen molar-refractivity contribution in [2.45, 2.75) is 31.2 Å². The molecule has 5 heteroatoms. The van der Waals surface area contributed by atoms with Gasteiger partial charge in [-0.2, -0.15) is 0 Å². The summed E-state index contributed by atoms with van der Waals surface area (Å²) in [5.41, 5.74) is 1.83. The molecule has 0 heterocycles. The van der Waals surface area contributed by atoms with Gasteiger partial charge in [0.2, 0.25) is 0 Å². The van der Waals surface area contributed by atoms with Crippen LogP contribution in [-0.4, -0.2) is 12.2 Å². The molecule has 126 valence electrons. The van der Waals surface area contributed by atoms with Gasteiger partial charge < -0.3 is 15.4 Å². The van der Waals surface area contributed by atoms with Crippen molar-refractivity contribution >= 4 is 34.6 Å². The molecule has 1 saturated carbocycles. The summed E-state index contributed by atoms with van der Waals surface area (Å²) in [7, 11) is 1.65. The minimum Gasteiger partial charge on any atom is -0.497 e. The van der Waals surface area contributed by atoms with Crippen molar-refractivity contribution in [2.24, 2.45) is 0 Å². The van der Waals surface area contributed by atoms with E-state index in [-0.39, 0.29) is 5.54 Å². The van der Waals surface area contributed by atoms with Gasteiger partial charge in [0.1, 0.15) is 5.75 Å². The van der Waals surface area contributed by atoms with Gasteiger partial charge >= 0.3 is 0 Å². The van der Waals surface area contributed by atoms with E-state index >= 15 is 0 Å². The lowest BCUT2D eigenvalue weighted by atomic mass is 9.88. The normalized spacial score (nSPS) is 15.8. The van der Waals surface area contributed by atoms with E-state index in [1.165, 1.54) is 12.8 Å². The number of rotatable bonds is 4. The second-order valence-corrected chi connectivity index (χ2v) is 6.90. The van der Waals surface area contributed by atoms with E-state index < -0.39 is 0 Å². The smallest absolute Gasteiger partial charge is 0.171 e. The Balaban J connectivity index is 1.78. The Hall–Kier alpha value is -1.78. The molecule has 1 fully saturated rings.